The van der Waals surface area contributed by atoms with Gasteiger partial charge in [-0.25, -0.2) is 8.42 Å². The van der Waals surface area contributed by atoms with E-state index in [0.29, 0.717) is 5.69 Å². The zero-order chi connectivity index (χ0) is 24.2. The van der Waals surface area contributed by atoms with E-state index in [1.54, 1.807) is 42.5 Å². The number of aryl methyl sites for hydroxylation is 4. The molecule has 3 rings (SSSR count). The first-order valence-corrected chi connectivity index (χ1v) is 12.6. The first-order chi connectivity index (χ1) is 15.6. The van der Waals surface area contributed by atoms with E-state index >= 15 is 0 Å². The van der Waals surface area contributed by atoms with Crippen molar-refractivity contribution in [2.75, 3.05) is 10.8 Å². The maximum Gasteiger partial charge on any atom is 0.264 e. The number of hydrogen-bond acceptors (Lipinski definition) is 3. The first kappa shape index (κ1) is 24.5. The molecule has 5 nitrogen and oxygen atoms in total. The van der Waals surface area contributed by atoms with E-state index in [9.17, 15) is 13.2 Å². The lowest BCUT2D eigenvalue weighted by molar-refractivity contribution is -0.120. The molecule has 0 saturated heterocycles. The van der Waals surface area contributed by atoms with Crippen LogP contribution in [0.2, 0.25) is 0 Å². The van der Waals surface area contributed by atoms with Gasteiger partial charge in [-0.15, -0.1) is 0 Å². The lowest BCUT2D eigenvalue weighted by atomic mass is 9.96. The summed E-state index contributed by atoms with van der Waals surface area (Å²) in [4.78, 5) is 13.2. The Morgan fingerprint density at radius 2 is 1.52 bits per heavy atom. The van der Waals surface area contributed by atoms with Gasteiger partial charge in [0.25, 0.3) is 10.0 Å². The summed E-state index contributed by atoms with van der Waals surface area (Å²) in [6.45, 7) is 9.77. The highest BCUT2D eigenvalue weighted by Crippen LogP contribution is 2.25. The smallest absolute Gasteiger partial charge is 0.264 e. The van der Waals surface area contributed by atoms with Gasteiger partial charge in [-0.2, -0.15) is 0 Å². The predicted molar refractivity (Wildman–Crippen MR) is 134 cm³/mol. The number of anilines is 1. The molecule has 1 atom stereocenters. The van der Waals surface area contributed by atoms with E-state index in [1.165, 1.54) is 9.87 Å². The Morgan fingerprint density at radius 1 is 0.909 bits per heavy atom. The molecule has 1 N–H and O–H groups in total. The van der Waals surface area contributed by atoms with E-state index < -0.39 is 10.0 Å². The van der Waals surface area contributed by atoms with Gasteiger partial charge in [0.05, 0.1) is 16.6 Å². The maximum absolute atomic E-state index is 13.5. The van der Waals surface area contributed by atoms with Crippen molar-refractivity contribution in [3.8, 4) is 0 Å². The van der Waals surface area contributed by atoms with Gasteiger partial charge in [0.2, 0.25) is 5.91 Å². The van der Waals surface area contributed by atoms with Crippen LogP contribution in [0.25, 0.3) is 0 Å². The van der Waals surface area contributed by atoms with E-state index in [-0.39, 0.29) is 23.4 Å². The largest absolute Gasteiger partial charge is 0.348 e. The summed E-state index contributed by atoms with van der Waals surface area (Å²) >= 11 is 0. The fraction of sp³-hybridized carbons (Fsp3) is 0.296. The fourth-order valence-corrected chi connectivity index (χ4v) is 5.32. The van der Waals surface area contributed by atoms with Crippen LogP contribution < -0.4 is 9.62 Å². The molecular formula is C27H32N2O3S. The van der Waals surface area contributed by atoms with Crippen LogP contribution >= 0.6 is 0 Å². The molecule has 0 radical (unpaired) electrons. The molecule has 0 heterocycles. The third kappa shape index (κ3) is 5.63. The number of nitrogens with zero attached hydrogens (tertiary/aromatic N) is 1. The Balaban J connectivity index is 1.89. The second kappa shape index (κ2) is 10.2. The van der Waals surface area contributed by atoms with Gasteiger partial charge in [-0.3, -0.25) is 9.10 Å². The molecule has 174 valence electrons. The van der Waals surface area contributed by atoms with Crippen molar-refractivity contribution in [1.29, 1.82) is 0 Å². The number of amides is 1. The Labute approximate surface area is 197 Å². The van der Waals surface area contributed by atoms with Crippen LogP contribution in [0, 0.1) is 20.8 Å². The Bertz CT molecular complexity index is 1220. The SMILES string of the molecule is CCc1ccc(N(CC(=O)N[C@H](C)c2cc(C)c(C)cc2C)S(=O)(=O)c2ccccc2)cc1. The molecule has 6 heteroatoms. The molecule has 1 amide bonds. The van der Waals surface area contributed by atoms with Gasteiger partial charge < -0.3 is 5.32 Å². The minimum Gasteiger partial charge on any atom is -0.348 e. The second-order valence-electron chi connectivity index (χ2n) is 8.43. The standard InChI is InChI=1S/C27H32N2O3S/c1-6-23-12-14-24(15-13-23)29(33(31,32)25-10-8-7-9-11-25)18-27(30)28-22(5)26-17-20(3)19(2)16-21(26)4/h7-17,22H,6,18H2,1-5H3,(H,28,30)/t22-/m1/s1. The molecule has 33 heavy (non-hydrogen) atoms. The Hall–Kier alpha value is -3.12. The highest BCUT2D eigenvalue weighted by molar-refractivity contribution is 7.92. The monoisotopic (exact) mass is 464 g/mol. The van der Waals surface area contributed by atoms with Gasteiger partial charge in [-0.1, -0.05) is 49.4 Å². The molecule has 3 aromatic rings. The lowest BCUT2D eigenvalue weighted by Crippen LogP contribution is -2.41. The van der Waals surface area contributed by atoms with E-state index in [4.69, 9.17) is 0 Å². The third-order valence-corrected chi connectivity index (χ3v) is 7.77. The van der Waals surface area contributed by atoms with E-state index in [2.05, 4.69) is 24.4 Å². The number of nitrogens with one attached hydrogen (secondary N) is 1. The molecule has 0 fully saturated rings. The summed E-state index contributed by atoms with van der Waals surface area (Å²) < 4.78 is 28.1. The first-order valence-electron chi connectivity index (χ1n) is 11.2. The van der Waals surface area contributed by atoms with Crippen molar-refractivity contribution in [2.45, 2.75) is 52.0 Å². The van der Waals surface area contributed by atoms with Crippen molar-refractivity contribution in [3.63, 3.8) is 0 Å². The molecular weight excluding hydrogens is 432 g/mol. The van der Waals surface area contributed by atoms with E-state index in [0.717, 1.165) is 28.7 Å². The minimum absolute atomic E-state index is 0.149. The van der Waals surface area contributed by atoms with Gasteiger partial charge in [0.1, 0.15) is 6.54 Å². The third-order valence-electron chi connectivity index (χ3n) is 5.98. The Morgan fingerprint density at radius 3 is 2.12 bits per heavy atom. The fourth-order valence-electron chi connectivity index (χ4n) is 3.88. The number of rotatable bonds is 8. The zero-order valence-corrected chi connectivity index (χ0v) is 20.7. The summed E-state index contributed by atoms with van der Waals surface area (Å²) in [7, 11) is -3.92. The quantitative estimate of drug-likeness (QED) is 0.495. The molecule has 0 spiro atoms. The summed E-state index contributed by atoms with van der Waals surface area (Å²) in [6, 6.07) is 19.4. The number of carbonyl (C=O) groups excluding carboxylic acids is 1. The number of hydrogen-bond donors (Lipinski definition) is 1. The van der Waals surface area contributed by atoms with Crippen LogP contribution in [-0.2, 0) is 21.2 Å². The van der Waals surface area contributed by atoms with Crippen LogP contribution in [0.5, 0.6) is 0 Å². The van der Waals surface area contributed by atoms with Crippen molar-refractivity contribution >= 4 is 21.6 Å². The van der Waals surface area contributed by atoms with Gasteiger partial charge in [-0.05, 0) is 86.2 Å². The van der Waals surface area contributed by atoms with Crippen LogP contribution in [0.1, 0.15) is 47.7 Å². The summed E-state index contributed by atoms with van der Waals surface area (Å²) in [5.41, 5.74) is 6.03. The van der Waals surface area contributed by atoms with Crippen LogP contribution in [0.4, 0.5) is 5.69 Å². The lowest BCUT2D eigenvalue weighted by Gasteiger charge is -2.26. The second-order valence-corrected chi connectivity index (χ2v) is 10.3. The molecule has 0 unspecified atom stereocenters. The Kier molecular flexibility index (Phi) is 7.59. The molecule has 0 aliphatic rings. The minimum atomic E-state index is -3.92. The van der Waals surface area contributed by atoms with Crippen molar-refractivity contribution < 1.29 is 13.2 Å². The zero-order valence-electron chi connectivity index (χ0n) is 19.9. The molecule has 0 saturated carbocycles. The van der Waals surface area contributed by atoms with E-state index in [1.807, 2.05) is 39.8 Å². The van der Waals surface area contributed by atoms with Gasteiger partial charge in [0.15, 0.2) is 0 Å². The average Bonchev–Trinajstić information content (AvgIpc) is 2.80. The number of sulfonamides is 1. The van der Waals surface area contributed by atoms with Crippen molar-refractivity contribution in [1.82, 2.24) is 5.32 Å². The van der Waals surface area contributed by atoms with Crippen LogP contribution in [0.15, 0.2) is 71.6 Å². The molecule has 3 aromatic carbocycles. The van der Waals surface area contributed by atoms with Crippen LogP contribution in [0.3, 0.4) is 0 Å². The predicted octanol–water partition coefficient (Wildman–Crippen LogP) is 5.25. The van der Waals surface area contributed by atoms with Gasteiger partial charge >= 0.3 is 0 Å². The summed E-state index contributed by atoms with van der Waals surface area (Å²) in [6.07, 6.45) is 0.846. The molecule has 0 bridgehead atoms. The van der Waals surface area contributed by atoms with Crippen molar-refractivity contribution in [3.05, 3.63) is 94.5 Å². The number of carbonyl (C=O) groups is 1. The van der Waals surface area contributed by atoms with Gasteiger partial charge in [0, 0.05) is 0 Å². The average molecular weight is 465 g/mol. The maximum atomic E-state index is 13.5. The number of benzene rings is 3. The molecule has 0 aromatic heterocycles. The summed E-state index contributed by atoms with van der Waals surface area (Å²) in [5, 5.41) is 2.98. The normalized spacial score (nSPS) is 12.3. The highest BCUT2D eigenvalue weighted by Gasteiger charge is 2.27. The topological polar surface area (TPSA) is 66.5 Å². The van der Waals surface area contributed by atoms with Crippen LogP contribution in [-0.4, -0.2) is 20.9 Å². The van der Waals surface area contributed by atoms with Crippen molar-refractivity contribution in [2.24, 2.45) is 0 Å². The molecule has 0 aliphatic heterocycles. The summed E-state index contributed by atoms with van der Waals surface area (Å²) in [5.74, 6) is -0.362. The highest BCUT2D eigenvalue weighted by atomic mass is 32.2. The molecule has 0 aliphatic carbocycles.